The minimum atomic E-state index is -3.08. The number of sulfone groups is 1. The average Bonchev–Trinajstić information content (AvgIpc) is 2.93. The number of rotatable bonds is 5. The van der Waals surface area contributed by atoms with Crippen molar-refractivity contribution in [1.82, 2.24) is 4.90 Å². The number of hydrogen-bond acceptors (Lipinski definition) is 5. The third-order valence-corrected chi connectivity index (χ3v) is 5.98. The molecule has 0 aromatic heterocycles. The molecule has 1 fully saturated rings. The standard InChI is InChI=1S/C18H23NO5S/c1-13-4-6-15(7-5-13)8-9-17(20)24-14(2)18(21)19(3)16-10-11-25(22,23)12-16/h4-9,14,16H,10-12H2,1-3H3/b9-8+/t14-,16+/m1/s1. The molecule has 0 unspecified atom stereocenters. The molecule has 25 heavy (non-hydrogen) atoms. The lowest BCUT2D eigenvalue weighted by Crippen LogP contribution is -2.44. The van der Waals surface area contributed by atoms with Gasteiger partial charge in [-0.1, -0.05) is 29.8 Å². The van der Waals surface area contributed by atoms with Crippen molar-refractivity contribution in [2.24, 2.45) is 0 Å². The predicted octanol–water partition coefficient (Wildman–Crippen LogP) is 1.59. The largest absolute Gasteiger partial charge is 0.449 e. The second kappa shape index (κ2) is 7.82. The van der Waals surface area contributed by atoms with Crippen molar-refractivity contribution >= 4 is 27.8 Å². The van der Waals surface area contributed by atoms with E-state index in [1.165, 1.54) is 17.9 Å². The molecule has 0 N–H and O–H groups in total. The minimum absolute atomic E-state index is 0.0385. The molecular weight excluding hydrogens is 342 g/mol. The van der Waals surface area contributed by atoms with Crippen LogP contribution in [0.15, 0.2) is 30.3 Å². The Bertz CT molecular complexity index is 767. The number of nitrogens with zero attached hydrogens (tertiary/aromatic N) is 1. The van der Waals surface area contributed by atoms with Crippen LogP contribution in [0.3, 0.4) is 0 Å². The Morgan fingerprint density at radius 3 is 2.48 bits per heavy atom. The molecule has 1 aromatic rings. The van der Waals surface area contributed by atoms with E-state index in [2.05, 4.69) is 0 Å². The van der Waals surface area contributed by atoms with Crippen molar-refractivity contribution in [2.75, 3.05) is 18.6 Å². The molecule has 1 aromatic carbocycles. The molecule has 6 nitrogen and oxygen atoms in total. The maximum atomic E-state index is 12.3. The summed E-state index contributed by atoms with van der Waals surface area (Å²) >= 11 is 0. The highest BCUT2D eigenvalue weighted by Crippen LogP contribution is 2.17. The van der Waals surface area contributed by atoms with Crippen LogP contribution in [0.25, 0.3) is 6.08 Å². The Morgan fingerprint density at radius 1 is 1.28 bits per heavy atom. The smallest absolute Gasteiger partial charge is 0.331 e. The van der Waals surface area contributed by atoms with Crippen molar-refractivity contribution in [2.45, 2.75) is 32.4 Å². The fourth-order valence-electron chi connectivity index (χ4n) is 2.65. The third kappa shape index (κ3) is 5.42. The number of hydrogen-bond donors (Lipinski definition) is 0. The highest BCUT2D eigenvalue weighted by molar-refractivity contribution is 7.91. The maximum Gasteiger partial charge on any atom is 0.331 e. The first-order valence-electron chi connectivity index (χ1n) is 8.10. The number of likely N-dealkylation sites (N-methyl/N-ethyl adjacent to an activating group) is 1. The molecule has 1 heterocycles. The third-order valence-electron chi connectivity index (χ3n) is 4.23. The summed E-state index contributed by atoms with van der Waals surface area (Å²) in [6.07, 6.45) is 2.34. The molecule has 7 heteroatoms. The van der Waals surface area contributed by atoms with Crippen LogP contribution < -0.4 is 0 Å². The van der Waals surface area contributed by atoms with Crippen LogP contribution in [-0.4, -0.2) is 55.9 Å². The van der Waals surface area contributed by atoms with E-state index in [-0.39, 0.29) is 17.5 Å². The van der Waals surface area contributed by atoms with Crippen molar-refractivity contribution in [3.05, 3.63) is 41.5 Å². The molecule has 2 atom stereocenters. The van der Waals surface area contributed by atoms with Gasteiger partial charge in [0.05, 0.1) is 11.5 Å². The molecule has 0 saturated carbocycles. The van der Waals surface area contributed by atoms with Gasteiger partial charge >= 0.3 is 5.97 Å². The lowest BCUT2D eigenvalue weighted by Gasteiger charge is -2.26. The zero-order valence-corrected chi connectivity index (χ0v) is 15.5. The molecule has 1 saturated heterocycles. The van der Waals surface area contributed by atoms with Gasteiger partial charge in [-0.05, 0) is 31.9 Å². The summed E-state index contributed by atoms with van der Waals surface area (Å²) in [5.74, 6) is -0.973. The van der Waals surface area contributed by atoms with Crippen LogP contribution in [0.1, 0.15) is 24.5 Å². The zero-order valence-electron chi connectivity index (χ0n) is 14.6. The molecule has 0 bridgehead atoms. The van der Waals surface area contributed by atoms with Crippen molar-refractivity contribution in [1.29, 1.82) is 0 Å². The lowest BCUT2D eigenvalue weighted by atomic mass is 10.1. The monoisotopic (exact) mass is 365 g/mol. The fourth-order valence-corrected chi connectivity index (χ4v) is 4.43. The van der Waals surface area contributed by atoms with E-state index in [0.717, 1.165) is 11.1 Å². The van der Waals surface area contributed by atoms with E-state index in [1.54, 1.807) is 13.1 Å². The van der Waals surface area contributed by atoms with Gasteiger partial charge in [-0.15, -0.1) is 0 Å². The number of aryl methyl sites for hydroxylation is 1. The van der Waals surface area contributed by atoms with Gasteiger partial charge in [0.25, 0.3) is 5.91 Å². The van der Waals surface area contributed by atoms with Crippen LogP contribution in [-0.2, 0) is 24.2 Å². The number of ether oxygens (including phenoxy) is 1. The maximum absolute atomic E-state index is 12.3. The highest BCUT2D eigenvalue weighted by atomic mass is 32.2. The summed E-state index contributed by atoms with van der Waals surface area (Å²) in [5, 5.41) is 0. The number of esters is 1. The molecule has 1 aliphatic heterocycles. The number of amides is 1. The number of carbonyl (C=O) groups excluding carboxylic acids is 2. The Hall–Kier alpha value is -2.15. The predicted molar refractivity (Wildman–Crippen MR) is 95.6 cm³/mol. The van der Waals surface area contributed by atoms with E-state index in [4.69, 9.17) is 4.74 Å². The van der Waals surface area contributed by atoms with Crippen LogP contribution >= 0.6 is 0 Å². The van der Waals surface area contributed by atoms with E-state index < -0.39 is 27.8 Å². The topological polar surface area (TPSA) is 80.8 Å². The van der Waals surface area contributed by atoms with Gasteiger partial charge in [0.15, 0.2) is 15.9 Å². The van der Waals surface area contributed by atoms with Crippen LogP contribution in [0.5, 0.6) is 0 Å². The SMILES string of the molecule is Cc1ccc(/C=C/C(=O)O[C@H](C)C(=O)N(C)[C@H]2CCS(=O)(=O)C2)cc1. The molecule has 0 radical (unpaired) electrons. The summed E-state index contributed by atoms with van der Waals surface area (Å²) < 4.78 is 28.2. The Morgan fingerprint density at radius 2 is 1.92 bits per heavy atom. The van der Waals surface area contributed by atoms with Gasteiger partial charge in [0.2, 0.25) is 0 Å². The molecule has 1 amide bonds. The summed E-state index contributed by atoms with van der Waals surface area (Å²) in [4.78, 5) is 25.6. The lowest BCUT2D eigenvalue weighted by molar-refractivity contribution is -0.155. The van der Waals surface area contributed by atoms with Gasteiger partial charge in [-0.2, -0.15) is 0 Å². The van der Waals surface area contributed by atoms with E-state index >= 15 is 0 Å². The van der Waals surface area contributed by atoms with Crippen LogP contribution in [0.2, 0.25) is 0 Å². The van der Waals surface area contributed by atoms with E-state index in [1.807, 2.05) is 31.2 Å². The molecule has 136 valence electrons. The van der Waals surface area contributed by atoms with E-state index in [0.29, 0.717) is 6.42 Å². The van der Waals surface area contributed by atoms with Gasteiger partial charge in [0.1, 0.15) is 0 Å². The van der Waals surface area contributed by atoms with Crippen molar-refractivity contribution in [3.63, 3.8) is 0 Å². The van der Waals surface area contributed by atoms with Crippen LogP contribution in [0.4, 0.5) is 0 Å². The normalized spacial score (nSPS) is 20.4. The molecule has 2 rings (SSSR count). The Balaban J connectivity index is 1.89. The first kappa shape index (κ1) is 19.2. The molecular formula is C18H23NO5S. The zero-order chi connectivity index (χ0) is 18.6. The summed E-state index contributed by atoms with van der Waals surface area (Å²) in [6.45, 7) is 3.46. The van der Waals surface area contributed by atoms with Gasteiger partial charge in [-0.25, -0.2) is 13.2 Å². The first-order chi connectivity index (χ1) is 11.7. The van der Waals surface area contributed by atoms with Crippen molar-refractivity contribution < 1.29 is 22.7 Å². The van der Waals surface area contributed by atoms with E-state index in [9.17, 15) is 18.0 Å². The molecule has 1 aliphatic rings. The van der Waals surface area contributed by atoms with Gasteiger partial charge in [-0.3, -0.25) is 4.79 Å². The molecule has 0 aliphatic carbocycles. The minimum Gasteiger partial charge on any atom is -0.449 e. The first-order valence-corrected chi connectivity index (χ1v) is 9.92. The Kier molecular flexibility index (Phi) is 6.00. The number of benzene rings is 1. The molecule has 0 spiro atoms. The fraction of sp³-hybridized carbons (Fsp3) is 0.444. The van der Waals surface area contributed by atoms with Crippen molar-refractivity contribution in [3.8, 4) is 0 Å². The van der Waals surface area contributed by atoms with Gasteiger partial charge in [0, 0.05) is 19.2 Å². The average molecular weight is 365 g/mol. The Labute approximate surface area is 148 Å². The second-order valence-corrected chi connectivity index (χ2v) is 8.56. The highest BCUT2D eigenvalue weighted by Gasteiger charge is 2.34. The van der Waals surface area contributed by atoms with Gasteiger partial charge < -0.3 is 9.64 Å². The summed E-state index contributed by atoms with van der Waals surface area (Å²) in [5.41, 5.74) is 1.98. The summed E-state index contributed by atoms with van der Waals surface area (Å²) in [7, 11) is -1.54. The summed E-state index contributed by atoms with van der Waals surface area (Å²) in [6, 6.07) is 7.26. The number of carbonyl (C=O) groups is 2. The van der Waals surface area contributed by atoms with Crippen LogP contribution in [0, 0.1) is 6.92 Å². The quantitative estimate of drug-likeness (QED) is 0.585. The second-order valence-electron chi connectivity index (χ2n) is 6.33.